The van der Waals surface area contributed by atoms with E-state index >= 15 is 0 Å². The SMILES string of the molecule is O=C(COc1ccc2c(c1)OCO2)Nc1nnc(C2CCCCC2)s1. The van der Waals surface area contributed by atoms with Gasteiger partial charge >= 0.3 is 0 Å². The molecule has 0 spiro atoms. The average molecular weight is 361 g/mol. The molecular formula is C17H19N3O4S. The second kappa shape index (κ2) is 7.26. The maximum Gasteiger partial charge on any atom is 0.264 e. The summed E-state index contributed by atoms with van der Waals surface area (Å²) in [4.78, 5) is 12.1. The number of aromatic nitrogens is 2. The number of carbonyl (C=O) groups excluding carboxylic acids is 1. The van der Waals surface area contributed by atoms with Crippen LogP contribution in [0.25, 0.3) is 0 Å². The van der Waals surface area contributed by atoms with E-state index in [1.165, 1.54) is 30.6 Å². The van der Waals surface area contributed by atoms with Gasteiger partial charge in [0, 0.05) is 12.0 Å². The molecule has 1 aromatic carbocycles. The van der Waals surface area contributed by atoms with Crippen LogP contribution in [0.1, 0.15) is 43.0 Å². The van der Waals surface area contributed by atoms with Gasteiger partial charge in [-0.1, -0.05) is 30.6 Å². The second-order valence-corrected chi connectivity index (χ2v) is 7.14. The van der Waals surface area contributed by atoms with Crippen LogP contribution < -0.4 is 19.5 Å². The number of hydrogen-bond donors (Lipinski definition) is 1. The van der Waals surface area contributed by atoms with Gasteiger partial charge in [-0.3, -0.25) is 10.1 Å². The molecule has 1 N–H and O–H groups in total. The van der Waals surface area contributed by atoms with E-state index in [0.29, 0.717) is 28.3 Å². The highest BCUT2D eigenvalue weighted by atomic mass is 32.1. The van der Waals surface area contributed by atoms with Crippen LogP contribution in [-0.4, -0.2) is 29.5 Å². The summed E-state index contributed by atoms with van der Waals surface area (Å²) in [5.41, 5.74) is 0. The first-order valence-corrected chi connectivity index (χ1v) is 9.25. The molecule has 0 saturated heterocycles. The molecule has 25 heavy (non-hydrogen) atoms. The van der Waals surface area contributed by atoms with Crippen LogP contribution in [0.2, 0.25) is 0 Å². The fourth-order valence-electron chi connectivity index (χ4n) is 3.07. The Kier molecular flexibility index (Phi) is 4.69. The lowest BCUT2D eigenvalue weighted by Gasteiger charge is -2.18. The Balaban J connectivity index is 1.29. The summed E-state index contributed by atoms with van der Waals surface area (Å²) in [6.45, 7) is 0.109. The van der Waals surface area contributed by atoms with Gasteiger partial charge in [0.1, 0.15) is 10.8 Å². The highest BCUT2D eigenvalue weighted by molar-refractivity contribution is 7.15. The van der Waals surface area contributed by atoms with Crippen molar-refractivity contribution in [2.24, 2.45) is 0 Å². The van der Waals surface area contributed by atoms with E-state index in [4.69, 9.17) is 14.2 Å². The van der Waals surface area contributed by atoms with Gasteiger partial charge in [-0.25, -0.2) is 0 Å². The molecule has 4 rings (SSSR count). The molecule has 2 aromatic rings. The Hall–Kier alpha value is -2.35. The molecule has 1 fully saturated rings. The number of fused-ring (bicyclic) bond motifs is 1. The number of nitrogens with one attached hydrogen (secondary N) is 1. The number of amides is 1. The van der Waals surface area contributed by atoms with Gasteiger partial charge in [0.05, 0.1) is 0 Å². The van der Waals surface area contributed by atoms with Gasteiger partial charge in [0.2, 0.25) is 11.9 Å². The maximum absolute atomic E-state index is 12.1. The minimum atomic E-state index is -0.260. The summed E-state index contributed by atoms with van der Waals surface area (Å²) in [5.74, 6) is 2.09. The summed E-state index contributed by atoms with van der Waals surface area (Å²) in [7, 11) is 0. The lowest BCUT2D eigenvalue weighted by Crippen LogP contribution is -2.20. The largest absolute Gasteiger partial charge is 0.484 e. The summed E-state index contributed by atoms with van der Waals surface area (Å²) in [6.07, 6.45) is 6.12. The molecular weight excluding hydrogens is 342 g/mol. The van der Waals surface area contributed by atoms with E-state index in [1.807, 2.05) is 0 Å². The third-order valence-corrected chi connectivity index (χ3v) is 5.36. The van der Waals surface area contributed by atoms with Gasteiger partial charge < -0.3 is 14.2 Å². The minimum Gasteiger partial charge on any atom is -0.484 e. The molecule has 132 valence electrons. The number of ether oxygens (including phenoxy) is 3. The smallest absolute Gasteiger partial charge is 0.264 e. The molecule has 1 saturated carbocycles. The zero-order chi connectivity index (χ0) is 17.1. The molecule has 8 heteroatoms. The van der Waals surface area contributed by atoms with Crippen molar-refractivity contribution in [1.82, 2.24) is 10.2 Å². The Morgan fingerprint density at radius 3 is 2.92 bits per heavy atom. The Bertz CT molecular complexity index is 758. The van der Waals surface area contributed by atoms with Crippen LogP contribution in [0, 0.1) is 0 Å². The Labute approximate surface area is 149 Å². The van der Waals surface area contributed by atoms with E-state index in [2.05, 4.69) is 15.5 Å². The number of rotatable bonds is 5. The van der Waals surface area contributed by atoms with E-state index in [9.17, 15) is 4.79 Å². The van der Waals surface area contributed by atoms with Gasteiger partial charge in [0.25, 0.3) is 5.91 Å². The minimum absolute atomic E-state index is 0.0992. The molecule has 1 aromatic heterocycles. The lowest BCUT2D eigenvalue weighted by molar-refractivity contribution is -0.118. The number of carbonyl (C=O) groups is 1. The normalized spacial score (nSPS) is 16.6. The van der Waals surface area contributed by atoms with Crippen LogP contribution in [-0.2, 0) is 4.79 Å². The molecule has 0 bridgehead atoms. The van der Waals surface area contributed by atoms with Gasteiger partial charge in [-0.05, 0) is 25.0 Å². The van der Waals surface area contributed by atoms with Crippen LogP contribution in [0.15, 0.2) is 18.2 Å². The Morgan fingerprint density at radius 2 is 2.04 bits per heavy atom. The topological polar surface area (TPSA) is 82.6 Å². The number of benzene rings is 1. The van der Waals surface area contributed by atoms with Crippen molar-refractivity contribution in [3.05, 3.63) is 23.2 Å². The Morgan fingerprint density at radius 1 is 1.20 bits per heavy atom. The zero-order valence-electron chi connectivity index (χ0n) is 13.7. The summed E-state index contributed by atoms with van der Waals surface area (Å²) in [5, 5.41) is 12.6. The molecule has 1 aliphatic carbocycles. The molecule has 0 radical (unpaired) electrons. The van der Waals surface area contributed by atoms with Crippen molar-refractivity contribution in [2.45, 2.75) is 38.0 Å². The van der Waals surface area contributed by atoms with Crippen molar-refractivity contribution >= 4 is 22.4 Å². The third-order valence-electron chi connectivity index (χ3n) is 4.36. The lowest BCUT2D eigenvalue weighted by atomic mass is 9.90. The standard InChI is InChI=1S/C17H19N3O4S/c21-15(9-22-12-6-7-13-14(8-12)24-10-23-13)18-17-20-19-16(25-17)11-4-2-1-3-5-11/h6-8,11H,1-5,9-10H2,(H,18,20,21). The van der Waals surface area contributed by atoms with Crippen molar-refractivity contribution in [3.63, 3.8) is 0 Å². The molecule has 1 amide bonds. The van der Waals surface area contributed by atoms with Crippen molar-refractivity contribution < 1.29 is 19.0 Å². The quantitative estimate of drug-likeness (QED) is 0.879. The predicted molar refractivity (Wildman–Crippen MR) is 92.4 cm³/mol. The number of anilines is 1. The van der Waals surface area contributed by atoms with Crippen molar-refractivity contribution in [1.29, 1.82) is 0 Å². The first kappa shape index (κ1) is 16.1. The highest BCUT2D eigenvalue weighted by Crippen LogP contribution is 2.36. The molecule has 0 atom stereocenters. The molecule has 2 heterocycles. The van der Waals surface area contributed by atoms with E-state index < -0.39 is 0 Å². The summed E-state index contributed by atoms with van der Waals surface area (Å²) >= 11 is 1.46. The van der Waals surface area contributed by atoms with Crippen molar-refractivity contribution in [2.75, 3.05) is 18.7 Å². The molecule has 2 aliphatic rings. The van der Waals surface area contributed by atoms with Crippen LogP contribution >= 0.6 is 11.3 Å². The number of hydrogen-bond acceptors (Lipinski definition) is 7. The van der Waals surface area contributed by atoms with E-state index in [0.717, 1.165) is 17.8 Å². The monoisotopic (exact) mass is 361 g/mol. The molecule has 7 nitrogen and oxygen atoms in total. The van der Waals surface area contributed by atoms with Crippen LogP contribution in [0.5, 0.6) is 17.2 Å². The van der Waals surface area contributed by atoms with Crippen LogP contribution in [0.3, 0.4) is 0 Å². The molecule has 0 unspecified atom stereocenters. The van der Waals surface area contributed by atoms with Crippen LogP contribution in [0.4, 0.5) is 5.13 Å². The highest BCUT2D eigenvalue weighted by Gasteiger charge is 2.20. The third kappa shape index (κ3) is 3.84. The maximum atomic E-state index is 12.1. The predicted octanol–water partition coefficient (Wildman–Crippen LogP) is 3.33. The van der Waals surface area contributed by atoms with Gasteiger partial charge in [0.15, 0.2) is 18.1 Å². The fraction of sp³-hybridized carbons (Fsp3) is 0.471. The van der Waals surface area contributed by atoms with Gasteiger partial charge in [-0.2, -0.15) is 0 Å². The summed E-state index contributed by atoms with van der Waals surface area (Å²) < 4.78 is 16.0. The van der Waals surface area contributed by atoms with E-state index in [-0.39, 0.29) is 19.3 Å². The van der Waals surface area contributed by atoms with Crippen molar-refractivity contribution in [3.8, 4) is 17.2 Å². The van der Waals surface area contributed by atoms with Gasteiger partial charge in [-0.15, -0.1) is 10.2 Å². The first-order chi connectivity index (χ1) is 12.3. The first-order valence-electron chi connectivity index (χ1n) is 8.43. The number of nitrogens with zero attached hydrogens (tertiary/aromatic N) is 2. The summed E-state index contributed by atoms with van der Waals surface area (Å²) in [6, 6.07) is 5.21. The fourth-order valence-corrected chi connectivity index (χ4v) is 4.00. The molecule has 1 aliphatic heterocycles. The average Bonchev–Trinajstić information content (AvgIpc) is 3.29. The second-order valence-electron chi connectivity index (χ2n) is 6.13. The zero-order valence-corrected chi connectivity index (χ0v) is 14.5. The van der Waals surface area contributed by atoms with E-state index in [1.54, 1.807) is 18.2 Å².